The predicted molar refractivity (Wildman–Crippen MR) is 104 cm³/mol. The van der Waals surface area contributed by atoms with Gasteiger partial charge < -0.3 is 15.4 Å². The molecule has 0 aliphatic carbocycles. The van der Waals surface area contributed by atoms with Gasteiger partial charge in [-0.25, -0.2) is 4.98 Å². The highest BCUT2D eigenvalue weighted by Crippen LogP contribution is 2.24. The summed E-state index contributed by atoms with van der Waals surface area (Å²) >= 11 is 4.93. The van der Waals surface area contributed by atoms with Crippen molar-refractivity contribution in [2.75, 3.05) is 7.05 Å². The van der Waals surface area contributed by atoms with Crippen molar-refractivity contribution in [3.05, 3.63) is 44.3 Å². The van der Waals surface area contributed by atoms with E-state index in [0.717, 1.165) is 15.2 Å². The zero-order valence-electron chi connectivity index (χ0n) is 14.7. The summed E-state index contributed by atoms with van der Waals surface area (Å²) in [7, 11) is 1.65. The van der Waals surface area contributed by atoms with Crippen LogP contribution in [0.4, 0.5) is 8.78 Å². The molecule has 0 unspecified atom stereocenters. The average Bonchev–Trinajstić information content (AvgIpc) is 3.06. The Kier molecular flexibility index (Phi) is 7.77. The topological polar surface area (TPSA) is 58.5 Å². The maximum absolute atomic E-state index is 12.5. The van der Waals surface area contributed by atoms with E-state index >= 15 is 0 Å². The van der Waals surface area contributed by atoms with Gasteiger partial charge in [-0.1, -0.05) is 29.8 Å². The van der Waals surface area contributed by atoms with Crippen molar-refractivity contribution in [2.24, 2.45) is 4.99 Å². The van der Waals surface area contributed by atoms with Gasteiger partial charge in [-0.05, 0) is 24.1 Å². The molecular weight excluding hydrogens is 426 g/mol. The molecule has 1 aromatic carbocycles. The first-order valence-electron chi connectivity index (χ1n) is 8.01. The molecule has 0 aliphatic heterocycles. The van der Waals surface area contributed by atoms with Gasteiger partial charge in [0.25, 0.3) is 0 Å². The van der Waals surface area contributed by atoms with Gasteiger partial charge in [0.15, 0.2) is 5.96 Å². The van der Waals surface area contributed by atoms with Gasteiger partial charge in [-0.15, -0.1) is 11.3 Å². The van der Waals surface area contributed by atoms with Crippen LogP contribution in [0.2, 0.25) is 0 Å². The molecule has 2 rings (SSSR count). The van der Waals surface area contributed by atoms with Gasteiger partial charge in [0, 0.05) is 29.0 Å². The van der Waals surface area contributed by atoms with E-state index in [1.807, 2.05) is 5.38 Å². The molecule has 0 spiro atoms. The van der Waals surface area contributed by atoms with Crippen molar-refractivity contribution in [3.8, 4) is 5.75 Å². The minimum Gasteiger partial charge on any atom is -0.434 e. The number of hydrogen-bond acceptors (Lipinski definition) is 4. The van der Waals surface area contributed by atoms with Crippen LogP contribution in [0, 0.1) is 0 Å². The van der Waals surface area contributed by atoms with Crippen molar-refractivity contribution in [1.82, 2.24) is 15.6 Å². The van der Waals surface area contributed by atoms with E-state index in [1.54, 1.807) is 30.5 Å². The fourth-order valence-corrected chi connectivity index (χ4v) is 3.43. The minimum atomic E-state index is -2.87. The predicted octanol–water partition coefficient (Wildman–Crippen LogP) is 4.50. The third-order valence-electron chi connectivity index (χ3n) is 3.48. The number of halogens is 3. The molecule has 0 amide bonds. The first-order valence-corrected chi connectivity index (χ1v) is 9.68. The van der Waals surface area contributed by atoms with Crippen molar-refractivity contribution in [3.63, 3.8) is 0 Å². The molecule has 0 fully saturated rings. The largest absolute Gasteiger partial charge is 0.434 e. The second-order valence-corrected chi connectivity index (χ2v) is 7.59. The highest BCUT2D eigenvalue weighted by Gasteiger charge is 2.11. The Balaban J connectivity index is 1.95. The lowest BCUT2D eigenvalue weighted by atomic mass is 10.2. The quantitative estimate of drug-likeness (QED) is 0.485. The summed E-state index contributed by atoms with van der Waals surface area (Å²) in [5.74, 6) is 1.07. The lowest BCUT2D eigenvalue weighted by molar-refractivity contribution is -0.0504. The molecule has 1 aromatic heterocycles. The van der Waals surface area contributed by atoms with Crippen molar-refractivity contribution in [2.45, 2.75) is 39.5 Å². The Morgan fingerprint density at radius 1 is 1.31 bits per heavy atom. The fourth-order valence-electron chi connectivity index (χ4n) is 2.13. The Morgan fingerprint density at radius 2 is 2.04 bits per heavy atom. The van der Waals surface area contributed by atoms with E-state index in [1.165, 1.54) is 6.07 Å². The molecule has 0 saturated carbocycles. The van der Waals surface area contributed by atoms with Crippen LogP contribution in [-0.2, 0) is 13.1 Å². The number of nitrogens with zero attached hydrogens (tertiary/aromatic N) is 2. The monoisotopic (exact) mass is 446 g/mol. The smallest absolute Gasteiger partial charge is 0.387 e. The second-order valence-electron chi connectivity index (χ2n) is 5.73. The normalized spacial score (nSPS) is 11.9. The van der Waals surface area contributed by atoms with Crippen LogP contribution in [0.3, 0.4) is 0 Å². The number of rotatable bonds is 7. The highest BCUT2D eigenvalue weighted by molar-refractivity contribution is 9.10. The van der Waals surface area contributed by atoms with E-state index < -0.39 is 6.61 Å². The second kappa shape index (κ2) is 9.82. The molecule has 1 heterocycles. The SMILES string of the molecule is CN=C(NCc1nc(C(C)C)cs1)NCc1cc(Br)ccc1OC(F)F. The Hall–Kier alpha value is -1.74. The average molecular weight is 447 g/mol. The molecule has 0 aliphatic rings. The van der Waals surface area contributed by atoms with Crippen molar-refractivity contribution >= 4 is 33.2 Å². The third kappa shape index (κ3) is 6.21. The van der Waals surface area contributed by atoms with Gasteiger partial charge in [-0.3, -0.25) is 4.99 Å². The number of aliphatic imine (C=N–C) groups is 1. The van der Waals surface area contributed by atoms with E-state index in [9.17, 15) is 8.78 Å². The van der Waals surface area contributed by atoms with Gasteiger partial charge >= 0.3 is 6.61 Å². The number of aromatic nitrogens is 1. The maximum atomic E-state index is 12.5. The highest BCUT2D eigenvalue weighted by atomic mass is 79.9. The first-order chi connectivity index (χ1) is 12.4. The van der Waals surface area contributed by atoms with Crippen LogP contribution in [0.1, 0.15) is 36.0 Å². The molecule has 2 N–H and O–H groups in total. The number of hydrogen-bond donors (Lipinski definition) is 2. The standard InChI is InChI=1S/C17H21BrF2N4OS/c1-10(2)13-9-26-15(24-13)8-23-17(21-3)22-7-11-6-12(18)4-5-14(11)25-16(19)20/h4-6,9-10,16H,7-8H2,1-3H3,(H2,21,22,23). The third-order valence-corrected chi connectivity index (χ3v) is 4.84. The van der Waals surface area contributed by atoms with Gasteiger partial charge in [0.1, 0.15) is 10.8 Å². The number of nitrogens with one attached hydrogen (secondary N) is 2. The Labute approximate surface area is 164 Å². The lowest BCUT2D eigenvalue weighted by Gasteiger charge is -2.14. The first kappa shape index (κ1) is 20.6. The van der Waals surface area contributed by atoms with E-state index in [2.05, 4.69) is 55.1 Å². The summed E-state index contributed by atoms with van der Waals surface area (Å²) in [6.07, 6.45) is 0. The molecule has 0 bridgehead atoms. The van der Waals surface area contributed by atoms with Gasteiger partial charge in [-0.2, -0.15) is 8.78 Å². The molecule has 9 heteroatoms. The molecule has 5 nitrogen and oxygen atoms in total. The summed E-state index contributed by atoms with van der Waals surface area (Å²) in [5, 5.41) is 9.27. The molecule has 0 saturated heterocycles. The van der Waals surface area contributed by atoms with Gasteiger partial charge in [0.05, 0.1) is 12.2 Å². The molecule has 0 atom stereocenters. The van der Waals surface area contributed by atoms with Crippen LogP contribution in [0.25, 0.3) is 0 Å². The Morgan fingerprint density at radius 3 is 2.65 bits per heavy atom. The van der Waals surface area contributed by atoms with Crippen LogP contribution >= 0.6 is 27.3 Å². The van der Waals surface area contributed by atoms with Crippen molar-refractivity contribution < 1.29 is 13.5 Å². The zero-order valence-corrected chi connectivity index (χ0v) is 17.1. The number of thiazole rings is 1. The van der Waals surface area contributed by atoms with E-state index in [0.29, 0.717) is 24.0 Å². The van der Waals surface area contributed by atoms with Crippen LogP contribution in [-0.4, -0.2) is 24.6 Å². The summed E-state index contributed by atoms with van der Waals surface area (Å²) in [6.45, 7) is 2.16. The number of ether oxygens (including phenoxy) is 1. The summed E-state index contributed by atoms with van der Waals surface area (Å²) < 4.78 is 30.4. The minimum absolute atomic E-state index is 0.132. The number of alkyl halides is 2. The number of benzene rings is 1. The molecular formula is C17H21BrF2N4OS. The lowest BCUT2D eigenvalue weighted by Crippen LogP contribution is -2.36. The van der Waals surface area contributed by atoms with Gasteiger partial charge in [0.2, 0.25) is 0 Å². The van der Waals surface area contributed by atoms with Crippen molar-refractivity contribution in [1.29, 1.82) is 0 Å². The Bertz CT molecular complexity index is 752. The van der Waals surface area contributed by atoms with Crippen LogP contribution in [0.5, 0.6) is 5.75 Å². The summed E-state index contributed by atoms with van der Waals surface area (Å²) in [5.41, 5.74) is 1.66. The number of guanidine groups is 1. The molecule has 26 heavy (non-hydrogen) atoms. The molecule has 142 valence electrons. The zero-order chi connectivity index (χ0) is 19.1. The summed E-state index contributed by atoms with van der Waals surface area (Å²) in [6, 6.07) is 4.89. The van der Waals surface area contributed by atoms with E-state index in [-0.39, 0.29) is 12.3 Å². The summed E-state index contributed by atoms with van der Waals surface area (Å²) in [4.78, 5) is 8.70. The maximum Gasteiger partial charge on any atom is 0.387 e. The molecule has 0 radical (unpaired) electrons. The fraction of sp³-hybridized carbons (Fsp3) is 0.412. The van der Waals surface area contributed by atoms with E-state index in [4.69, 9.17) is 0 Å². The molecule has 2 aromatic rings. The van der Waals surface area contributed by atoms with Crippen LogP contribution in [0.15, 0.2) is 33.0 Å². The van der Waals surface area contributed by atoms with Crippen LogP contribution < -0.4 is 15.4 Å².